The van der Waals surface area contributed by atoms with Gasteiger partial charge in [0.25, 0.3) is 5.91 Å². The molecule has 0 heterocycles. The van der Waals surface area contributed by atoms with E-state index in [1.165, 1.54) is 0 Å². The standard InChI is InChI=1S/C16H16F2N2O3S/c1-2-19-16(21)12-5-3-11(4-6-12)10-20-24(22,23)15-8-7-13(17)9-14(15)18/h3-9,20H,2,10H2,1H3,(H,19,21). The molecule has 0 aromatic heterocycles. The van der Waals surface area contributed by atoms with Gasteiger partial charge in [0.2, 0.25) is 10.0 Å². The van der Waals surface area contributed by atoms with Crippen LogP contribution in [0, 0.1) is 11.6 Å². The van der Waals surface area contributed by atoms with Gasteiger partial charge in [-0.05, 0) is 36.8 Å². The first-order valence-electron chi connectivity index (χ1n) is 7.15. The fourth-order valence-electron chi connectivity index (χ4n) is 1.99. The Hall–Kier alpha value is -2.32. The topological polar surface area (TPSA) is 75.3 Å². The highest BCUT2D eigenvalue weighted by atomic mass is 32.2. The molecule has 0 bridgehead atoms. The monoisotopic (exact) mass is 354 g/mol. The van der Waals surface area contributed by atoms with Crippen LogP contribution in [0.5, 0.6) is 0 Å². The smallest absolute Gasteiger partial charge is 0.251 e. The van der Waals surface area contributed by atoms with E-state index in [0.717, 1.165) is 12.1 Å². The molecular formula is C16H16F2N2O3S. The lowest BCUT2D eigenvalue weighted by Gasteiger charge is -2.08. The van der Waals surface area contributed by atoms with Gasteiger partial charge < -0.3 is 5.32 Å². The van der Waals surface area contributed by atoms with Crippen molar-refractivity contribution in [2.45, 2.75) is 18.4 Å². The maximum atomic E-state index is 13.6. The summed E-state index contributed by atoms with van der Waals surface area (Å²) in [5, 5.41) is 2.65. The van der Waals surface area contributed by atoms with Crippen molar-refractivity contribution < 1.29 is 22.0 Å². The second-order valence-corrected chi connectivity index (χ2v) is 6.69. The largest absolute Gasteiger partial charge is 0.352 e. The van der Waals surface area contributed by atoms with E-state index in [1.807, 2.05) is 0 Å². The zero-order valence-electron chi connectivity index (χ0n) is 12.8. The third-order valence-corrected chi connectivity index (χ3v) is 4.64. The Morgan fingerprint density at radius 2 is 1.75 bits per heavy atom. The highest BCUT2D eigenvalue weighted by Crippen LogP contribution is 2.16. The minimum absolute atomic E-state index is 0.0885. The first-order chi connectivity index (χ1) is 11.3. The quantitative estimate of drug-likeness (QED) is 0.835. The van der Waals surface area contributed by atoms with Crippen molar-refractivity contribution in [3.8, 4) is 0 Å². The number of hydrogen-bond donors (Lipinski definition) is 2. The van der Waals surface area contributed by atoms with Gasteiger partial charge in [-0.15, -0.1) is 0 Å². The Labute approximate surface area is 138 Å². The lowest BCUT2D eigenvalue weighted by atomic mass is 10.1. The van der Waals surface area contributed by atoms with E-state index in [4.69, 9.17) is 0 Å². The van der Waals surface area contributed by atoms with Crippen LogP contribution in [0.3, 0.4) is 0 Å². The molecule has 2 aromatic carbocycles. The molecule has 0 spiro atoms. The Morgan fingerprint density at radius 1 is 1.08 bits per heavy atom. The molecule has 0 unspecified atom stereocenters. The van der Waals surface area contributed by atoms with Gasteiger partial charge in [-0.1, -0.05) is 12.1 Å². The number of carbonyl (C=O) groups excluding carboxylic acids is 1. The maximum Gasteiger partial charge on any atom is 0.251 e. The highest BCUT2D eigenvalue weighted by molar-refractivity contribution is 7.89. The lowest BCUT2D eigenvalue weighted by molar-refractivity contribution is 0.0956. The molecule has 2 N–H and O–H groups in total. The first kappa shape index (κ1) is 18.0. The number of sulfonamides is 1. The first-order valence-corrected chi connectivity index (χ1v) is 8.63. The van der Waals surface area contributed by atoms with Crippen LogP contribution >= 0.6 is 0 Å². The second kappa shape index (κ2) is 7.50. The molecule has 8 heteroatoms. The van der Waals surface area contributed by atoms with Crippen molar-refractivity contribution in [3.05, 3.63) is 65.2 Å². The van der Waals surface area contributed by atoms with Crippen LogP contribution in [0.1, 0.15) is 22.8 Å². The molecule has 1 amide bonds. The van der Waals surface area contributed by atoms with Crippen LogP contribution < -0.4 is 10.0 Å². The van der Waals surface area contributed by atoms with Gasteiger partial charge in [0.15, 0.2) is 0 Å². The van der Waals surface area contributed by atoms with Gasteiger partial charge >= 0.3 is 0 Å². The predicted molar refractivity (Wildman–Crippen MR) is 84.8 cm³/mol. The average molecular weight is 354 g/mol. The molecule has 0 radical (unpaired) electrons. The molecule has 128 valence electrons. The minimum atomic E-state index is -4.11. The Morgan fingerprint density at radius 3 is 2.33 bits per heavy atom. The zero-order chi connectivity index (χ0) is 17.7. The summed E-state index contributed by atoms with van der Waals surface area (Å²) in [4.78, 5) is 11.0. The lowest BCUT2D eigenvalue weighted by Crippen LogP contribution is -2.24. The Kier molecular flexibility index (Phi) is 5.63. The van der Waals surface area contributed by atoms with E-state index in [0.29, 0.717) is 23.7 Å². The van der Waals surface area contributed by atoms with Crippen molar-refractivity contribution in [2.24, 2.45) is 0 Å². The van der Waals surface area contributed by atoms with E-state index in [9.17, 15) is 22.0 Å². The zero-order valence-corrected chi connectivity index (χ0v) is 13.7. The van der Waals surface area contributed by atoms with Gasteiger partial charge in [-0.3, -0.25) is 4.79 Å². The number of benzene rings is 2. The fraction of sp³-hybridized carbons (Fsp3) is 0.188. The summed E-state index contributed by atoms with van der Waals surface area (Å²) >= 11 is 0. The average Bonchev–Trinajstić information content (AvgIpc) is 2.53. The highest BCUT2D eigenvalue weighted by Gasteiger charge is 2.19. The molecule has 0 aliphatic heterocycles. The van der Waals surface area contributed by atoms with Crippen molar-refractivity contribution in [1.82, 2.24) is 10.0 Å². The summed E-state index contributed by atoms with van der Waals surface area (Å²) in [5.41, 5.74) is 1.04. The minimum Gasteiger partial charge on any atom is -0.352 e. The second-order valence-electron chi connectivity index (χ2n) is 4.96. The number of carbonyl (C=O) groups is 1. The van der Waals surface area contributed by atoms with Crippen molar-refractivity contribution in [1.29, 1.82) is 0 Å². The maximum absolute atomic E-state index is 13.6. The van der Waals surface area contributed by atoms with Gasteiger partial charge in [0.05, 0.1) is 0 Å². The SMILES string of the molecule is CCNC(=O)c1ccc(CNS(=O)(=O)c2ccc(F)cc2F)cc1. The van der Waals surface area contributed by atoms with E-state index >= 15 is 0 Å². The normalized spacial score (nSPS) is 11.3. The summed E-state index contributed by atoms with van der Waals surface area (Å²) < 4.78 is 52.8. The van der Waals surface area contributed by atoms with Gasteiger partial charge in [-0.2, -0.15) is 0 Å². The number of amides is 1. The molecule has 0 saturated carbocycles. The van der Waals surface area contributed by atoms with E-state index in [1.54, 1.807) is 31.2 Å². The molecule has 0 aliphatic rings. The summed E-state index contributed by atoms with van der Waals surface area (Å²) in [5.74, 6) is -2.24. The van der Waals surface area contributed by atoms with Crippen LogP contribution in [0.25, 0.3) is 0 Å². The van der Waals surface area contributed by atoms with Gasteiger partial charge in [-0.25, -0.2) is 21.9 Å². The van der Waals surface area contributed by atoms with Crippen LogP contribution in [0.2, 0.25) is 0 Å². The van der Waals surface area contributed by atoms with Crippen molar-refractivity contribution >= 4 is 15.9 Å². The molecule has 0 fully saturated rings. The number of nitrogens with one attached hydrogen (secondary N) is 2. The van der Waals surface area contributed by atoms with Crippen LogP contribution in [0.15, 0.2) is 47.4 Å². The molecule has 24 heavy (non-hydrogen) atoms. The van der Waals surface area contributed by atoms with E-state index < -0.39 is 26.6 Å². The fourth-order valence-corrected chi connectivity index (χ4v) is 3.06. The van der Waals surface area contributed by atoms with Crippen LogP contribution in [0.4, 0.5) is 8.78 Å². The number of hydrogen-bond acceptors (Lipinski definition) is 3. The van der Waals surface area contributed by atoms with E-state index in [-0.39, 0.29) is 12.5 Å². The molecule has 0 saturated heterocycles. The Bertz CT molecular complexity index is 837. The van der Waals surface area contributed by atoms with Crippen LogP contribution in [-0.4, -0.2) is 20.9 Å². The molecular weight excluding hydrogens is 338 g/mol. The number of halogens is 2. The van der Waals surface area contributed by atoms with E-state index in [2.05, 4.69) is 10.0 Å². The summed E-state index contributed by atoms with van der Waals surface area (Å²) in [6, 6.07) is 8.56. The predicted octanol–water partition coefficient (Wildman–Crippen LogP) is 2.19. The summed E-state index contributed by atoms with van der Waals surface area (Å²) in [6.07, 6.45) is 0. The summed E-state index contributed by atoms with van der Waals surface area (Å²) in [6.45, 7) is 2.22. The third kappa shape index (κ3) is 4.36. The van der Waals surface area contributed by atoms with Crippen molar-refractivity contribution in [3.63, 3.8) is 0 Å². The van der Waals surface area contributed by atoms with Crippen LogP contribution in [-0.2, 0) is 16.6 Å². The van der Waals surface area contributed by atoms with Gasteiger partial charge in [0.1, 0.15) is 16.5 Å². The van der Waals surface area contributed by atoms with Gasteiger partial charge in [0, 0.05) is 24.7 Å². The molecule has 0 atom stereocenters. The third-order valence-electron chi connectivity index (χ3n) is 3.20. The van der Waals surface area contributed by atoms with Crippen molar-refractivity contribution in [2.75, 3.05) is 6.54 Å². The molecule has 2 rings (SSSR count). The number of rotatable bonds is 6. The summed E-state index contributed by atoms with van der Waals surface area (Å²) in [7, 11) is -4.11. The molecule has 2 aromatic rings. The molecule has 0 aliphatic carbocycles. The molecule has 5 nitrogen and oxygen atoms in total. The Balaban J connectivity index is 2.08.